The Hall–Kier alpha value is -2.18. The molecule has 0 saturated carbocycles. The normalized spacial score (nSPS) is 38.4. The molecule has 0 radical (unpaired) electrons. The Labute approximate surface area is 152 Å². The second kappa shape index (κ2) is 7.21. The first-order valence-corrected chi connectivity index (χ1v) is 8.80. The lowest BCUT2D eigenvalue weighted by Crippen LogP contribution is -2.27. The third-order valence-corrected chi connectivity index (χ3v) is 5.20. The summed E-state index contributed by atoms with van der Waals surface area (Å²) in [6, 6.07) is 0. The number of carbonyl (C=O) groups is 2. The van der Waals surface area contributed by atoms with E-state index in [1.807, 2.05) is 19.1 Å². The molecule has 0 spiro atoms. The van der Waals surface area contributed by atoms with Crippen LogP contribution >= 0.6 is 0 Å². The molecule has 26 heavy (non-hydrogen) atoms. The van der Waals surface area contributed by atoms with Crippen molar-refractivity contribution in [2.75, 3.05) is 0 Å². The van der Waals surface area contributed by atoms with E-state index in [2.05, 4.69) is 11.5 Å². The molecule has 1 saturated heterocycles. The van der Waals surface area contributed by atoms with Crippen LogP contribution in [0.2, 0.25) is 0 Å². The highest BCUT2D eigenvalue weighted by Crippen LogP contribution is 2.35. The molecule has 140 valence electrons. The summed E-state index contributed by atoms with van der Waals surface area (Å²) in [7, 11) is 0. The smallest absolute Gasteiger partial charge is 0.334 e. The quantitative estimate of drug-likeness (QED) is 0.254. The predicted molar refractivity (Wildman–Crippen MR) is 94.0 cm³/mol. The molecule has 1 N–H and O–H groups in total. The van der Waals surface area contributed by atoms with Crippen molar-refractivity contribution in [3.05, 3.63) is 47.6 Å². The number of ether oxygens (including phenoxy) is 2. The Kier molecular flexibility index (Phi) is 5.16. The minimum absolute atomic E-state index is 0.180. The van der Waals surface area contributed by atoms with E-state index in [1.54, 1.807) is 19.1 Å². The monoisotopic (exact) mass is 360 g/mol. The van der Waals surface area contributed by atoms with Crippen molar-refractivity contribution in [3.8, 4) is 0 Å². The number of hydrogen-bond donors (Lipinski definition) is 1. The van der Waals surface area contributed by atoms with Gasteiger partial charge in [0.2, 0.25) is 0 Å². The van der Waals surface area contributed by atoms with Gasteiger partial charge in [0.1, 0.15) is 17.8 Å². The Morgan fingerprint density at radius 1 is 1.27 bits per heavy atom. The van der Waals surface area contributed by atoms with Crippen LogP contribution in [0.25, 0.3) is 0 Å². The van der Waals surface area contributed by atoms with Crippen LogP contribution in [0.3, 0.4) is 0 Å². The molecule has 0 aromatic carbocycles. The van der Waals surface area contributed by atoms with E-state index in [0.29, 0.717) is 36.8 Å². The molecule has 0 unspecified atom stereocenters. The highest BCUT2D eigenvalue weighted by atomic mass is 17.1. The van der Waals surface area contributed by atoms with Gasteiger partial charge in [-0.2, -0.15) is 0 Å². The predicted octanol–water partition coefficient (Wildman–Crippen LogP) is 3.26. The molecule has 2 aliphatic heterocycles. The number of rotatable bonds is 1. The van der Waals surface area contributed by atoms with Gasteiger partial charge in [-0.25, -0.2) is 14.5 Å². The van der Waals surface area contributed by atoms with Crippen LogP contribution in [0.5, 0.6) is 0 Å². The Bertz CT molecular complexity index is 716. The summed E-state index contributed by atoms with van der Waals surface area (Å²) in [4.78, 5) is 28.6. The van der Waals surface area contributed by atoms with Gasteiger partial charge in [-0.3, -0.25) is 5.26 Å². The standard InChI is InChI=1S/C20H24O6/c1-12-9-15-11-14(19(22)24-15)5-4-7-20(3,26-23)8-6-16-13(2)18(21)25-17(16)10-12/h4,7,10-11,15-17,23H,2,5-6,8-9H2,1,3H3/b7-4-,12-10-/t15-,16+,17+,20-/m1/s1. The minimum Gasteiger partial charge on any atom is -0.454 e. The van der Waals surface area contributed by atoms with Gasteiger partial charge in [-0.15, -0.1) is 0 Å². The molecule has 6 nitrogen and oxygen atoms in total. The van der Waals surface area contributed by atoms with Gasteiger partial charge in [0.05, 0.1) is 0 Å². The fraction of sp³-hybridized carbons (Fsp3) is 0.500. The van der Waals surface area contributed by atoms with Crippen molar-refractivity contribution in [1.29, 1.82) is 0 Å². The van der Waals surface area contributed by atoms with Crippen molar-refractivity contribution in [1.82, 2.24) is 0 Å². The number of carbonyl (C=O) groups excluding carboxylic acids is 2. The summed E-state index contributed by atoms with van der Waals surface area (Å²) in [5.74, 6) is -0.905. The first-order valence-electron chi connectivity index (χ1n) is 8.80. The van der Waals surface area contributed by atoms with Gasteiger partial charge in [-0.05, 0) is 45.3 Å². The molecule has 1 fully saturated rings. The average Bonchev–Trinajstić information content (AvgIpc) is 3.05. The Morgan fingerprint density at radius 3 is 2.77 bits per heavy atom. The summed E-state index contributed by atoms with van der Waals surface area (Å²) in [5.41, 5.74) is 1.08. The lowest BCUT2D eigenvalue weighted by molar-refractivity contribution is -0.304. The lowest BCUT2D eigenvalue weighted by Gasteiger charge is -2.25. The third-order valence-electron chi connectivity index (χ3n) is 5.20. The second-order valence-corrected chi connectivity index (χ2v) is 7.40. The maximum absolute atomic E-state index is 12.0. The summed E-state index contributed by atoms with van der Waals surface area (Å²) in [6.07, 6.45) is 8.54. The van der Waals surface area contributed by atoms with Crippen molar-refractivity contribution in [2.24, 2.45) is 5.92 Å². The maximum Gasteiger partial charge on any atom is 0.334 e. The third kappa shape index (κ3) is 3.81. The molecule has 3 rings (SSSR count). The van der Waals surface area contributed by atoms with Crippen LogP contribution in [0.1, 0.15) is 39.5 Å². The molecule has 4 atom stereocenters. The van der Waals surface area contributed by atoms with Gasteiger partial charge in [0, 0.05) is 23.5 Å². The topological polar surface area (TPSA) is 82.1 Å². The van der Waals surface area contributed by atoms with Crippen LogP contribution in [0.4, 0.5) is 0 Å². The van der Waals surface area contributed by atoms with E-state index >= 15 is 0 Å². The average molecular weight is 360 g/mol. The summed E-state index contributed by atoms with van der Waals surface area (Å²) in [6.45, 7) is 7.54. The van der Waals surface area contributed by atoms with Crippen molar-refractivity contribution in [3.63, 3.8) is 0 Å². The van der Waals surface area contributed by atoms with Gasteiger partial charge in [0.25, 0.3) is 0 Å². The van der Waals surface area contributed by atoms with Crippen LogP contribution in [0.15, 0.2) is 47.6 Å². The van der Waals surface area contributed by atoms with E-state index in [4.69, 9.17) is 9.47 Å². The highest BCUT2D eigenvalue weighted by molar-refractivity contribution is 5.91. The Morgan fingerprint density at radius 2 is 2.04 bits per heavy atom. The number of fused-ring (bicyclic) bond motifs is 2. The summed E-state index contributed by atoms with van der Waals surface area (Å²) < 4.78 is 10.8. The van der Waals surface area contributed by atoms with E-state index in [-0.39, 0.29) is 18.0 Å². The van der Waals surface area contributed by atoms with Crippen LogP contribution in [0, 0.1) is 5.92 Å². The van der Waals surface area contributed by atoms with Crippen molar-refractivity contribution in [2.45, 2.75) is 57.3 Å². The first kappa shape index (κ1) is 18.6. The van der Waals surface area contributed by atoms with E-state index < -0.39 is 17.7 Å². The van der Waals surface area contributed by atoms with Crippen molar-refractivity contribution < 1.29 is 29.2 Å². The molecule has 3 aliphatic rings. The van der Waals surface area contributed by atoms with Gasteiger partial charge < -0.3 is 9.47 Å². The van der Waals surface area contributed by atoms with E-state index in [9.17, 15) is 14.8 Å². The molecule has 2 bridgehead atoms. The Balaban J connectivity index is 1.92. The van der Waals surface area contributed by atoms with E-state index in [0.717, 1.165) is 5.57 Å². The zero-order valence-corrected chi connectivity index (χ0v) is 15.1. The van der Waals surface area contributed by atoms with Crippen LogP contribution in [-0.4, -0.2) is 35.0 Å². The van der Waals surface area contributed by atoms with Gasteiger partial charge in [0.15, 0.2) is 0 Å². The highest BCUT2D eigenvalue weighted by Gasteiger charge is 2.39. The molecule has 0 amide bonds. The fourth-order valence-corrected chi connectivity index (χ4v) is 3.61. The SMILES string of the molecule is C=C1C(=O)O[C@H]2/C=C(/C)C[C@@H]3C=C(C/C=C\[C@@](C)(OO)CC[C@@H]12)C(=O)O3. The molecule has 2 heterocycles. The number of hydrogen-bond acceptors (Lipinski definition) is 6. The van der Waals surface area contributed by atoms with Gasteiger partial charge >= 0.3 is 11.9 Å². The summed E-state index contributed by atoms with van der Waals surface area (Å²) >= 11 is 0. The maximum atomic E-state index is 12.0. The lowest BCUT2D eigenvalue weighted by atomic mass is 9.86. The minimum atomic E-state index is -0.929. The second-order valence-electron chi connectivity index (χ2n) is 7.40. The zero-order valence-electron chi connectivity index (χ0n) is 15.1. The fourth-order valence-electron chi connectivity index (χ4n) is 3.61. The molecule has 6 heteroatoms. The van der Waals surface area contributed by atoms with Crippen molar-refractivity contribution >= 4 is 11.9 Å². The molecule has 0 aromatic rings. The van der Waals surface area contributed by atoms with Gasteiger partial charge in [-0.1, -0.05) is 24.3 Å². The van der Waals surface area contributed by atoms with Crippen LogP contribution < -0.4 is 0 Å². The largest absolute Gasteiger partial charge is 0.454 e. The zero-order chi connectivity index (χ0) is 18.9. The summed E-state index contributed by atoms with van der Waals surface area (Å²) in [5, 5.41) is 9.35. The number of esters is 2. The van der Waals surface area contributed by atoms with E-state index in [1.165, 1.54) is 0 Å². The first-order chi connectivity index (χ1) is 12.3. The molecule has 0 aromatic heterocycles. The molecular weight excluding hydrogens is 336 g/mol. The number of allylic oxidation sites excluding steroid dienone is 1. The molecular formula is C20H24O6. The molecule has 1 aliphatic carbocycles. The van der Waals surface area contributed by atoms with Crippen LogP contribution in [-0.2, 0) is 24.0 Å².